The fraction of sp³-hybridized carbons (Fsp3) is 0.300. The molecule has 4 aromatic rings. The number of benzene rings is 4. The molecular formula is C40H42Cl2N4O6. The van der Waals surface area contributed by atoms with Gasteiger partial charge in [0.25, 0.3) is 0 Å². The first kappa shape index (κ1) is 38.2. The van der Waals surface area contributed by atoms with Crippen molar-refractivity contribution < 1.29 is 28.6 Å². The average Bonchev–Trinajstić information content (AvgIpc) is 3.54. The summed E-state index contributed by atoms with van der Waals surface area (Å²) in [5, 5.41) is 15.5. The summed E-state index contributed by atoms with van der Waals surface area (Å²) < 4.78 is 16.9. The summed E-state index contributed by atoms with van der Waals surface area (Å²) in [7, 11) is 3.07. The van der Waals surface area contributed by atoms with Crippen LogP contribution in [0.15, 0.2) is 66.7 Å². The van der Waals surface area contributed by atoms with Gasteiger partial charge in [0, 0.05) is 64.7 Å². The van der Waals surface area contributed by atoms with Crippen LogP contribution in [-0.4, -0.2) is 61.8 Å². The molecule has 0 aromatic heterocycles. The third-order valence-electron chi connectivity index (χ3n) is 8.67. The smallest absolute Gasteiger partial charge is 0.410 e. The third kappa shape index (κ3) is 8.86. The minimum absolute atomic E-state index is 0.0286. The van der Waals surface area contributed by atoms with E-state index in [4.69, 9.17) is 42.8 Å². The molecule has 0 aliphatic carbocycles. The van der Waals surface area contributed by atoms with Crippen LogP contribution in [0, 0.1) is 5.41 Å². The predicted octanol–water partition coefficient (Wildman–Crippen LogP) is 8.78. The first-order valence-corrected chi connectivity index (χ1v) is 17.5. The zero-order valence-corrected chi connectivity index (χ0v) is 31.3. The standard InChI is InChI=1S/C40H42Cl2N4O6/c1-40(2,3)52-39(49)46(22-28-14-15-37(48)45-28)21-25-13-12-24(17-35(25)50-4)29-8-6-10-31(38(29)42)30-9-7-11-34(32(30)19-43)44-20-26-18-36(51-5)27(23-47)16-33(26)41/h6-13,16-19,23,28,43-44H,14-15,20-22H2,1-5H3,(H,45,48)/t28-/m0/s1. The van der Waals surface area contributed by atoms with E-state index >= 15 is 0 Å². The fourth-order valence-corrected chi connectivity index (χ4v) is 6.71. The van der Waals surface area contributed by atoms with E-state index in [1.165, 1.54) is 13.3 Å². The second-order valence-corrected chi connectivity index (χ2v) is 14.2. The molecule has 272 valence electrons. The summed E-state index contributed by atoms with van der Waals surface area (Å²) in [6.45, 7) is 6.27. The molecular weight excluding hydrogens is 703 g/mol. The Bertz CT molecular complexity index is 1990. The zero-order valence-electron chi connectivity index (χ0n) is 29.8. The van der Waals surface area contributed by atoms with Gasteiger partial charge in [-0.05, 0) is 68.1 Å². The Kier molecular flexibility index (Phi) is 12.1. The summed E-state index contributed by atoms with van der Waals surface area (Å²) in [6, 6.07) is 20.2. The number of hydrogen-bond donors (Lipinski definition) is 3. The number of aldehydes is 1. The van der Waals surface area contributed by atoms with Crippen molar-refractivity contribution in [1.82, 2.24) is 10.2 Å². The second kappa shape index (κ2) is 16.5. The minimum Gasteiger partial charge on any atom is -0.496 e. The number of anilines is 1. The number of ether oxygens (including phenoxy) is 3. The highest BCUT2D eigenvalue weighted by molar-refractivity contribution is 6.36. The Hall–Kier alpha value is -5.06. The molecule has 0 bridgehead atoms. The van der Waals surface area contributed by atoms with E-state index in [0.717, 1.165) is 33.4 Å². The molecule has 1 aliphatic heterocycles. The molecule has 2 amide bonds. The summed E-state index contributed by atoms with van der Waals surface area (Å²) in [5.74, 6) is 0.954. The number of nitrogens with zero attached hydrogens (tertiary/aromatic N) is 1. The third-order valence-corrected chi connectivity index (χ3v) is 9.43. The predicted molar refractivity (Wildman–Crippen MR) is 205 cm³/mol. The first-order valence-electron chi connectivity index (χ1n) is 16.8. The normalized spacial score (nSPS) is 14.0. The van der Waals surface area contributed by atoms with Gasteiger partial charge < -0.3 is 35.2 Å². The molecule has 0 unspecified atom stereocenters. The Morgan fingerprint density at radius 1 is 0.981 bits per heavy atom. The van der Waals surface area contributed by atoms with Crippen molar-refractivity contribution in [2.45, 2.75) is 58.3 Å². The number of carbonyl (C=O) groups is 3. The molecule has 52 heavy (non-hydrogen) atoms. The highest BCUT2D eigenvalue weighted by Crippen LogP contribution is 2.40. The molecule has 3 N–H and O–H groups in total. The van der Waals surface area contributed by atoms with Crippen LogP contribution in [-0.2, 0) is 22.6 Å². The monoisotopic (exact) mass is 744 g/mol. The Morgan fingerprint density at radius 2 is 1.69 bits per heavy atom. The number of hydrogen-bond acceptors (Lipinski definition) is 8. The molecule has 1 heterocycles. The van der Waals surface area contributed by atoms with Gasteiger partial charge in [-0.2, -0.15) is 0 Å². The maximum absolute atomic E-state index is 13.3. The quantitative estimate of drug-likeness (QED) is 0.0922. The lowest BCUT2D eigenvalue weighted by Gasteiger charge is -2.29. The van der Waals surface area contributed by atoms with Crippen LogP contribution >= 0.6 is 23.2 Å². The van der Waals surface area contributed by atoms with E-state index in [1.807, 2.05) is 75.4 Å². The molecule has 1 fully saturated rings. The van der Waals surface area contributed by atoms with Crippen LogP contribution in [0.4, 0.5) is 10.5 Å². The van der Waals surface area contributed by atoms with Crippen molar-refractivity contribution >= 4 is 53.4 Å². The molecule has 10 nitrogen and oxygen atoms in total. The largest absolute Gasteiger partial charge is 0.496 e. The van der Waals surface area contributed by atoms with Gasteiger partial charge in [0.05, 0.1) is 31.4 Å². The number of methoxy groups -OCH3 is 2. The van der Waals surface area contributed by atoms with E-state index in [0.29, 0.717) is 70.6 Å². The van der Waals surface area contributed by atoms with E-state index in [-0.39, 0.29) is 18.5 Å². The average molecular weight is 746 g/mol. The maximum Gasteiger partial charge on any atom is 0.410 e. The summed E-state index contributed by atoms with van der Waals surface area (Å²) in [6.07, 6.45) is 2.56. The molecule has 12 heteroatoms. The topological polar surface area (TPSA) is 130 Å². The Labute approximate surface area is 313 Å². The Morgan fingerprint density at radius 3 is 2.35 bits per heavy atom. The highest BCUT2D eigenvalue weighted by atomic mass is 35.5. The van der Waals surface area contributed by atoms with Crippen LogP contribution in [0.1, 0.15) is 60.7 Å². The van der Waals surface area contributed by atoms with E-state index in [1.54, 1.807) is 24.1 Å². The minimum atomic E-state index is -0.691. The van der Waals surface area contributed by atoms with Crippen molar-refractivity contribution in [2.75, 3.05) is 26.1 Å². The summed E-state index contributed by atoms with van der Waals surface area (Å²) in [4.78, 5) is 38.2. The van der Waals surface area contributed by atoms with E-state index in [9.17, 15) is 14.4 Å². The lowest BCUT2D eigenvalue weighted by atomic mass is 9.94. The van der Waals surface area contributed by atoms with Crippen molar-refractivity contribution in [3.05, 3.63) is 99.0 Å². The number of amides is 2. The molecule has 5 rings (SSSR count). The number of halogens is 2. The van der Waals surface area contributed by atoms with Gasteiger partial charge in [0.2, 0.25) is 5.91 Å². The van der Waals surface area contributed by atoms with Crippen molar-refractivity contribution in [1.29, 1.82) is 5.41 Å². The van der Waals surface area contributed by atoms with Gasteiger partial charge in [0.1, 0.15) is 17.1 Å². The fourth-order valence-electron chi connectivity index (χ4n) is 6.14. The molecule has 4 aromatic carbocycles. The second-order valence-electron chi connectivity index (χ2n) is 13.4. The maximum atomic E-state index is 13.3. The van der Waals surface area contributed by atoms with Crippen molar-refractivity contribution in [3.63, 3.8) is 0 Å². The summed E-state index contributed by atoms with van der Waals surface area (Å²) >= 11 is 13.6. The van der Waals surface area contributed by atoms with Gasteiger partial charge >= 0.3 is 6.09 Å². The Balaban J connectivity index is 1.43. The van der Waals surface area contributed by atoms with Crippen LogP contribution in [0.2, 0.25) is 10.0 Å². The highest BCUT2D eigenvalue weighted by Gasteiger charge is 2.29. The lowest BCUT2D eigenvalue weighted by molar-refractivity contribution is -0.119. The van der Waals surface area contributed by atoms with Crippen molar-refractivity contribution in [3.8, 4) is 33.8 Å². The molecule has 1 atom stereocenters. The number of rotatable bonds is 13. The molecule has 1 saturated heterocycles. The van der Waals surface area contributed by atoms with Gasteiger partial charge in [0.15, 0.2) is 6.29 Å². The van der Waals surface area contributed by atoms with Gasteiger partial charge in [-0.1, -0.05) is 65.7 Å². The number of nitrogens with one attached hydrogen (secondary N) is 3. The molecule has 0 spiro atoms. The first-order chi connectivity index (χ1) is 24.8. The van der Waals surface area contributed by atoms with Gasteiger partial charge in [-0.15, -0.1) is 0 Å². The SMILES string of the molecule is COc1cc(CNc2cccc(-c3cccc(-c4ccc(CN(C[C@@H]5CCC(=O)N5)C(=O)OC(C)(C)C)c(OC)c4)c3Cl)c2C=N)c(Cl)cc1C=O. The molecule has 0 radical (unpaired) electrons. The number of carbonyl (C=O) groups excluding carboxylic acids is 3. The lowest BCUT2D eigenvalue weighted by Crippen LogP contribution is -2.43. The van der Waals surface area contributed by atoms with E-state index < -0.39 is 11.7 Å². The molecule has 1 aliphatic rings. The van der Waals surface area contributed by atoms with Crippen LogP contribution in [0.5, 0.6) is 11.5 Å². The van der Waals surface area contributed by atoms with Crippen LogP contribution in [0.25, 0.3) is 22.3 Å². The van der Waals surface area contributed by atoms with Gasteiger partial charge in [-0.25, -0.2) is 4.79 Å². The molecule has 0 saturated carbocycles. The summed E-state index contributed by atoms with van der Waals surface area (Å²) in [5.41, 5.74) is 5.51. The zero-order chi connectivity index (χ0) is 37.6. The van der Waals surface area contributed by atoms with Crippen molar-refractivity contribution in [2.24, 2.45) is 0 Å². The van der Waals surface area contributed by atoms with E-state index in [2.05, 4.69) is 10.6 Å². The van der Waals surface area contributed by atoms with Crippen LogP contribution in [0.3, 0.4) is 0 Å². The van der Waals surface area contributed by atoms with Crippen LogP contribution < -0.4 is 20.1 Å². The van der Waals surface area contributed by atoms with Gasteiger partial charge in [-0.3, -0.25) is 9.59 Å².